The number of methoxy groups -OCH3 is 1. The van der Waals surface area contributed by atoms with Gasteiger partial charge in [0.05, 0.1) is 26.9 Å². The second-order valence-electron chi connectivity index (χ2n) is 7.86. The number of rotatable bonds is 6. The summed E-state index contributed by atoms with van der Waals surface area (Å²) < 4.78 is 12.9. The van der Waals surface area contributed by atoms with Gasteiger partial charge in [-0.1, -0.05) is 48.5 Å². The number of hydrogen-bond donors (Lipinski definition) is 1. The lowest BCUT2D eigenvalue weighted by Crippen LogP contribution is -2.38. The Bertz CT molecular complexity index is 1260. The molecule has 0 saturated carbocycles. The molecule has 1 amide bonds. The molecule has 32 heavy (non-hydrogen) atoms. The van der Waals surface area contributed by atoms with E-state index in [1.54, 1.807) is 7.11 Å². The average molecular weight is 431 g/mol. The minimum absolute atomic E-state index is 0.232. The Morgan fingerprint density at radius 1 is 1.00 bits per heavy atom. The Morgan fingerprint density at radius 2 is 1.75 bits per heavy atom. The Balaban J connectivity index is 1.48. The third-order valence-electron chi connectivity index (χ3n) is 5.94. The van der Waals surface area contributed by atoms with Crippen molar-refractivity contribution >= 4 is 33.3 Å². The smallest absolute Gasteiger partial charge is 0.276 e. The molecule has 7 heteroatoms. The lowest BCUT2D eigenvalue weighted by atomic mass is 10.1. The first-order chi connectivity index (χ1) is 15.7. The topological polar surface area (TPSA) is 68.6 Å². The van der Waals surface area contributed by atoms with Crippen LogP contribution in [-0.4, -0.2) is 60.5 Å². The molecular weight excluding hydrogens is 404 g/mol. The van der Waals surface area contributed by atoms with Crippen LogP contribution < -0.4 is 10.1 Å². The number of para-hydroxylation sites is 1. The largest absolute Gasteiger partial charge is 0.494 e. The molecule has 0 atom stereocenters. The van der Waals surface area contributed by atoms with E-state index in [1.165, 1.54) is 0 Å². The summed E-state index contributed by atoms with van der Waals surface area (Å²) in [7, 11) is 1.64. The van der Waals surface area contributed by atoms with E-state index in [2.05, 4.69) is 10.2 Å². The summed E-state index contributed by atoms with van der Waals surface area (Å²) in [5.74, 6) is 0.478. The highest BCUT2D eigenvalue weighted by molar-refractivity contribution is 6.14. The summed E-state index contributed by atoms with van der Waals surface area (Å²) in [5, 5.41) is 10.6. The Kier molecular flexibility index (Phi) is 5.75. The molecular formula is C25H26N4O3. The van der Waals surface area contributed by atoms with E-state index in [1.807, 2.05) is 65.3 Å². The fraction of sp³-hybridized carbons (Fsp3) is 0.280. The Hall–Kier alpha value is -3.42. The molecule has 0 radical (unpaired) electrons. The van der Waals surface area contributed by atoms with Crippen LogP contribution in [0.2, 0.25) is 0 Å². The summed E-state index contributed by atoms with van der Waals surface area (Å²) in [6.45, 7) is 4.82. The van der Waals surface area contributed by atoms with E-state index >= 15 is 0 Å². The molecule has 1 aliphatic rings. The van der Waals surface area contributed by atoms with Crippen molar-refractivity contribution in [2.75, 3.05) is 45.3 Å². The van der Waals surface area contributed by atoms with Gasteiger partial charge >= 0.3 is 0 Å². The quantitative estimate of drug-likeness (QED) is 0.504. The van der Waals surface area contributed by atoms with Crippen LogP contribution in [-0.2, 0) is 11.3 Å². The average Bonchev–Trinajstić information content (AvgIpc) is 3.23. The predicted octanol–water partition coefficient (Wildman–Crippen LogP) is 3.78. The zero-order chi connectivity index (χ0) is 21.9. The lowest BCUT2D eigenvalue weighted by Gasteiger charge is -2.26. The summed E-state index contributed by atoms with van der Waals surface area (Å²) in [5.41, 5.74) is 2.01. The van der Waals surface area contributed by atoms with Gasteiger partial charge in [-0.05, 0) is 17.5 Å². The number of carbonyl (C=O) groups is 1. The maximum atomic E-state index is 13.3. The third kappa shape index (κ3) is 3.92. The van der Waals surface area contributed by atoms with Gasteiger partial charge < -0.3 is 14.8 Å². The molecule has 4 aromatic rings. The molecule has 0 unspecified atom stereocenters. The Morgan fingerprint density at radius 3 is 2.59 bits per heavy atom. The number of amides is 1. The first-order valence-electron chi connectivity index (χ1n) is 10.9. The van der Waals surface area contributed by atoms with Crippen molar-refractivity contribution in [3.05, 3.63) is 66.4 Å². The van der Waals surface area contributed by atoms with Gasteiger partial charge in [-0.2, -0.15) is 5.10 Å². The van der Waals surface area contributed by atoms with Crippen LogP contribution in [0.1, 0.15) is 10.5 Å². The SMILES string of the molecule is COc1cccc2c(C(=O)Nc3cccc4ccccc34)nn(CCN3CCOCC3)c12. The van der Waals surface area contributed by atoms with Gasteiger partial charge in [-0.3, -0.25) is 14.4 Å². The predicted molar refractivity (Wildman–Crippen MR) is 125 cm³/mol. The molecule has 0 spiro atoms. The highest BCUT2D eigenvalue weighted by Crippen LogP contribution is 2.29. The van der Waals surface area contributed by atoms with Crippen molar-refractivity contribution in [2.24, 2.45) is 0 Å². The molecule has 7 nitrogen and oxygen atoms in total. The van der Waals surface area contributed by atoms with Gasteiger partial charge in [-0.25, -0.2) is 0 Å². The molecule has 5 rings (SSSR count). The molecule has 0 aliphatic carbocycles. The minimum Gasteiger partial charge on any atom is -0.494 e. The van der Waals surface area contributed by atoms with Crippen molar-refractivity contribution in [2.45, 2.75) is 6.54 Å². The number of anilines is 1. The molecule has 1 aromatic heterocycles. The van der Waals surface area contributed by atoms with Crippen molar-refractivity contribution in [1.82, 2.24) is 14.7 Å². The molecule has 1 saturated heterocycles. The van der Waals surface area contributed by atoms with Crippen LogP contribution in [0.25, 0.3) is 21.7 Å². The van der Waals surface area contributed by atoms with E-state index in [-0.39, 0.29) is 5.91 Å². The highest BCUT2D eigenvalue weighted by Gasteiger charge is 2.21. The van der Waals surface area contributed by atoms with Crippen molar-refractivity contribution < 1.29 is 14.3 Å². The monoisotopic (exact) mass is 430 g/mol. The van der Waals surface area contributed by atoms with Gasteiger partial charge in [0.2, 0.25) is 0 Å². The Labute approximate surface area is 186 Å². The van der Waals surface area contributed by atoms with Crippen molar-refractivity contribution in [3.63, 3.8) is 0 Å². The molecule has 3 aromatic carbocycles. The summed E-state index contributed by atoms with van der Waals surface area (Å²) in [4.78, 5) is 15.7. The summed E-state index contributed by atoms with van der Waals surface area (Å²) in [6.07, 6.45) is 0. The molecule has 0 bridgehead atoms. The normalized spacial score (nSPS) is 14.7. The van der Waals surface area contributed by atoms with Crippen LogP contribution in [0.15, 0.2) is 60.7 Å². The van der Waals surface area contributed by atoms with Gasteiger partial charge in [-0.15, -0.1) is 0 Å². The fourth-order valence-electron chi connectivity index (χ4n) is 4.28. The standard InChI is InChI=1S/C25H26N4O3/c1-31-22-11-5-9-20-23(27-29(24(20)22)13-12-28-14-16-32-17-15-28)25(30)26-21-10-4-7-18-6-2-3-8-19(18)21/h2-11H,12-17H2,1H3,(H,26,30). The van der Waals surface area contributed by atoms with E-state index < -0.39 is 0 Å². The first-order valence-corrected chi connectivity index (χ1v) is 10.9. The van der Waals surface area contributed by atoms with Crippen molar-refractivity contribution in [3.8, 4) is 5.75 Å². The first kappa shape index (κ1) is 20.5. The van der Waals surface area contributed by atoms with Crippen LogP contribution in [0, 0.1) is 0 Å². The zero-order valence-electron chi connectivity index (χ0n) is 18.1. The van der Waals surface area contributed by atoms with Crippen LogP contribution in [0.5, 0.6) is 5.75 Å². The third-order valence-corrected chi connectivity index (χ3v) is 5.94. The van der Waals surface area contributed by atoms with Crippen molar-refractivity contribution in [1.29, 1.82) is 0 Å². The number of nitrogens with zero attached hydrogens (tertiary/aromatic N) is 3. The number of ether oxygens (including phenoxy) is 2. The number of aromatic nitrogens is 2. The lowest BCUT2D eigenvalue weighted by molar-refractivity contribution is 0.0361. The van der Waals surface area contributed by atoms with Gasteiger partial charge in [0.15, 0.2) is 5.69 Å². The van der Waals surface area contributed by atoms with Crippen LogP contribution in [0.3, 0.4) is 0 Å². The van der Waals surface area contributed by atoms with Crippen LogP contribution >= 0.6 is 0 Å². The van der Waals surface area contributed by atoms with E-state index in [9.17, 15) is 4.79 Å². The molecule has 1 aliphatic heterocycles. The van der Waals surface area contributed by atoms with E-state index in [4.69, 9.17) is 14.6 Å². The maximum Gasteiger partial charge on any atom is 0.276 e. The second-order valence-corrected chi connectivity index (χ2v) is 7.86. The maximum absolute atomic E-state index is 13.3. The molecule has 2 heterocycles. The number of fused-ring (bicyclic) bond motifs is 2. The summed E-state index contributed by atoms with van der Waals surface area (Å²) in [6, 6.07) is 19.6. The van der Waals surface area contributed by atoms with E-state index in [0.717, 1.165) is 60.2 Å². The number of hydrogen-bond acceptors (Lipinski definition) is 5. The van der Waals surface area contributed by atoms with Crippen LogP contribution in [0.4, 0.5) is 5.69 Å². The number of morpholine rings is 1. The second kappa shape index (κ2) is 8.98. The van der Waals surface area contributed by atoms with Gasteiger partial charge in [0.1, 0.15) is 11.3 Å². The zero-order valence-corrected chi connectivity index (χ0v) is 18.1. The fourth-order valence-corrected chi connectivity index (χ4v) is 4.28. The minimum atomic E-state index is -0.232. The number of benzene rings is 3. The number of nitrogens with one attached hydrogen (secondary N) is 1. The molecule has 1 N–H and O–H groups in total. The number of carbonyl (C=O) groups excluding carboxylic acids is 1. The highest BCUT2D eigenvalue weighted by atomic mass is 16.5. The summed E-state index contributed by atoms with van der Waals surface area (Å²) >= 11 is 0. The van der Waals surface area contributed by atoms with E-state index in [0.29, 0.717) is 18.0 Å². The molecule has 164 valence electrons. The van der Waals surface area contributed by atoms with Gasteiger partial charge in [0.25, 0.3) is 5.91 Å². The van der Waals surface area contributed by atoms with Gasteiger partial charge in [0, 0.05) is 36.1 Å². The molecule has 1 fully saturated rings.